The van der Waals surface area contributed by atoms with Crippen LogP contribution in [0.3, 0.4) is 0 Å². The second kappa shape index (κ2) is 8.42. The van der Waals surface area contributed by atoms with Crippen LogP contribution in [0.1, 0.15) is 43.1 Å². The molecule has 2 aromatic rings. The number of carbonyl (C=O) groups is 2. The number of nitrogens with zero attached hydrogens (tertiary/aromatic N) is 3. The van der Waals surface area contributed by atoms with Crippen molar-refractivity contribution in [2.45, 2.75) is 32.6 Å². The summed E-state index contributed by atoms with van der Waals surface area (Å²) >= 11 is 0. The molecule has 1 fully saturated rings. The van der Waals surface area contributed by atoms with Gasteiger partial charge in [-0.3, -0.25) is 9.59 Å². The number of rotatable bonds is 4. The Labute approximate surface area is 152 Å². The number of aromatic nitrogens is 2. The van der Waals surface area contributed by atoms with E-state index in [2.05, 4.69) is 20.6 Å². The van der Waals surface area contributed by atoms with Crippen molar-refractivity contribution in [3.8, 4) is 0 Å². The zero-order valence-electron chi connectivity index (χ0n) is 14.9. The van der Waals surface area contributed by atoms with E-state index >= 15 is 0 Å². The van der Waals surface area contributed by atoms with Crippen molar-refractivity contribution < 1.29 is 9.59 Å². The molecule has 2 heterocycles. The molecule has 2 N–H and O–H groups in total. The van der Waals surface area contributed by atoms with Crippen molar-refractivity contribution in [2.24, 2.45) is 0 Å². The Morgan fingerprint density at radius 1 is 0.923 bits per heavy atom. The maximum absolute atomic E-state index is 12.5. The Hall–Kier alpha value is -2.96. The summed E-state index contributed by atoms with van der Waals surface area (Å²) in [6, 6.07) is 7.27. The van der Waals surface area contributed by atoms with Gasteiger partial charge in [0.05, 0.1) is 12.4 Å². The van der Waals surface area contributed by atoms with Crippen molar-refractivity contribution in [1.82, 2.24) is 14.9 Å². The van der Waals surface area contributed by atoms with Gasteiger partial charge >= 0.3 is 0 Å². The molecule has 1 aromatic heterocycles. The van der Waals surface area contributed by atoms with Crippen molar-refractivity contribution in [2.75, 3.05) is 23.7 Å². The van der Waals surface area contributed by atoms with Gasteiger partial charge in [-0.1, -0.05) is 12.8 Å². The predicted octanol–water partition coefficient (Wildman–Crippen LogP) is 3.19. The van der Waals surface area contributed by atoms with Gasteiger partial charge in [-0.25, -0.2) is 9.97 Å². The summed E-state index contributed by atoms with van der Waals surface area (Å²) < 4.78 is 0. The monoisotopic (exact) mass is 353 g/mol. The van der Waals surface area contributed by atoms with Gasteiger partial charge in [0, 0.05) is 31.4 Å². The van der Waals surface area contributed by atoms with E-state index in [1.807, 2.05) is 17.0 Å². The highest BCUT2D eigenvalue weighted by atomic mass is 16.2. The molecule has 0 radical (unpaired) electrons. The van der Waals surface area contributed by atoms with Gasteiger partial charge in [0.2, 0.25) is 5.91 Å². The maximum atomic E-state index is 12.5. The zero-order valence-corrected chi connectivity index (χ0v) is 14.9. The summed E-state index contributed by atoms with van der Waals surface area (Å²) in [4.78, 5) is 34.0. The van der Waals surface area contributed by atoms with Gasteiger partial charge in [0.1, 0.15) is 11.5 Å². The number of anilines is 3. The van der Waals surface area contributed by atoms with E-state index in [9.17, 15) is 9.59 Å². The smallest absolute Gasteiger partial charge is 0.274 e. The van der Waals surface area contributed by atoms with Gasteiger partial charge in [0.15, 0.2) is 0 Å². The van der Waals surface area contributed by atoms with E-state index in [4.69, 9.17) is 0 Å². The number of hydrogen-bond acceptors (Lipinski definition) is 5. The van der Waals surface area contributed by atoms with Gasteiger partial charge in [-0.2, -0.15) is 0 Å². The highest BCUT2D eigenvalue weighted by Gasteiger charge is 2.18. The Balaban J connectivity index is 1.62. The van der Waals surface area contributed by atoms with E-state index in [0.717, 1.165) is 37.3 Å². The average molecular weight is 353 g/mol. The topological polar surface area (TPSA) is 87.2 Å². The van der Waals surface area contributed by atoms with Crippen LogP contribution >= 0.6 is 0 Å². The minimum absolute atomic E-state index is 0.0504. The first kappa shape index (κ1) is 17.8. The van der Waals surface area contributed by atoms with E-state index < -0.39 is 0 Å². The third kappa shape index (κ3) is 4.78. The molecular formula is C19H23N5O2. The standard InChI is InChI=1S/C19H23N5O2/c1-14(25)22-15-6-8-16(9-7-15)23-18-13-20-17(12-21-18)19(26)24-10-4-2-3-5-11-24/h6-9,12-13H,2-5,10-11H2,1H3,(H,21,23)(H,22,25). The summed E-state index contributed by atoms with van der Waals surface area (Å²) in [5, 5.41) is 5.84. The number of carbonyl (C=O) groups excluding carboxylic acids is 2. The average Bonchev–Trinajstić information content (AvgIpc) is 2.92. The summed E-state index contributed by atoms with van der Waals surface area (Å²) in [6.45, 7) is 3.05. The highest BCUT2D eigenvalue weighted by molar-refractivity contribution is 5.92. The molecule has 136 valence electrons. The lowest BCUT2D eigenvalue weighted by atomic mass is 10.2. The number of benzene rings is 1. The first-order valence-corrected chi connectivity index (χ1v) is 8.88. The lowest BCUT2D eigenvalue weighted by molar-refractivity contribution is -0.114. The number of likely N-dealkylation sites (tertiary alicyclic amines) is 1. The van der Waals surface area contributed by atoms with Crippen molar-refractivity contribution in [3.63, 3.8) is 0 Å². The first-order valence-electron chi connectivity index (χ1n) is 8.88. The minimum atomic E-state index is -0.110. The third-order valence-electron chi connectivity index (χ3n) is 4.24. The van der Waals surface area contributed by atoms with Gasteiger partial charge in [-0.05, 0) is 37.1 Å². The molecule has 0 aliphatic carbocycles. The van der Waals surface area contributed by atoms with Crippen LogP contribution in [-0.4, -0.2) is 39.8 Å². The molecule has 0 spiro atoms. The van der Waals surface area contributed by atoms with E-state index in [0.29, 0.717) is 11.5 Å². The van der Waals surface area contributed by atoms with Crippen LogP contribution < -0.4 is 10.6 Å². The van der Waals surface area contributed by atoms with Crippen molar-refractivity contribution in [1.29, 1.82) is 0 Å². The van der Waals surface area contributed by atoms with Gasteiger partial charge in [-0.15, -0.1) is 0 Å². The van der Waals surface area contributed by atoms with Crippen molar-refractivity contribution >= 4 is 29.0 Å². The zero-order chi connectivity index (χ0) is 18.4. The van der Waals surface area contributed by atoms with E-state index in [-0.39, 0.29) is 11.8 Å². The fraction of sp³-hybridized carbons (Fsp3) is 0.368. The Kier molecular flexibility index (Phi) is 5.78. The maximum Gasteiger partial charge on any atom is 0.274 e. The normalized spacial score (nSPS) is 14.4. The van der Waals surface area contributed by atoms with Crippen molar-refractivity contribution in [3.05, 3.63) is 42.4 Å². The largest absolute Gasteiger partial charge is 0.339 e. The molecule has 7 heteroatoms. The lowest BCUT2D eigenvalue weighted by Gasteiger charge is -2.19. The quantitative estimate of drug-likeness (QED) is 0.881. The highest BCUT2D eigenvalue weighted by Crippen LogP contribution is 2.18. The fourth-order valence-electron chi connectivity index (χ4n) is 2.93. The minimum Gasteiger partial charge on any atom is -0.339 e. The molecule has 1 aromatic carbocycles. The number of nitrogens with one attached hydrogen (secondary N) is 2. The van der Waals surface area contributed by atoms with Crippen LogP contribution in [-0.2, 0) is 4.79 Å². The molecule has 2 amide bonds. The van der Waals surface area contributed by atoms with Crippen LogP contribution in [0.5, 0.6) is 0 Å². The van der Waals surface area contributed by atoms with Gasteiger partial charge < -0.3 is 15.5 Å². The van der Waals surface area contributed by atoms with Crippen LogP contribution in [0.15, 0.2) is 36.7 Å². The second-order valence-electron chi connectivity index (χ2n) is 6.38. The molecule has 3 rings (SSSR count). The Morgan fingerprint density at radius 2 is 1.58 bits per heavy atom. The second-order valence-corrected chi connectivity index (χ2v) is 6.38. The predicted molar refractivity (Wildman–Crippen MR) is 100 cm³/mol. The molecular weight excluding hydrogens is 330 g/mol. The fourth-order valence-corrected chi connectivity index (χ4v) is 2.93. The molecule has 0 saturated carbocycles. The molecule has 1 aliphatic rings. The SMILES string of the molecule is CC(=O)Nc1ccc(Nc2cnc(C(=O)N3CCCCCC3)cn2)cc1. The summed E-state index contributed by atoms with van der Waals surface area (Å²) in [6.07, 6.45) is 7.53. The summed E-state index contributed by atoms with van der Waals surface area (Å²) in [7, 11) is 0. The van der Waals surface area contributed by atoms with Crippen LogP contribution in [0, 0.1) is 0 Å². The number of hydrogen-bond donors (Lipinski definition) is 2. The summed E-state index contributed by atoms with van der Waals surface area (Å²) in [5.74, 6) is 0.400. The van der Waals surface area contributed by atoms with E-state index in [1.54, 1.807) is 18.3 Å². The molecule has 0 atom stereocenters. The molecule has 1 saturated heterocycles. The molecule has 1 aliphatic heterocycles. The van der Waals surface area contributed by atoms with Crippen LogP contribution in [0.2, 0.25) is 0 Å². The van der Waals surface area contributed by atoms with E-state index in [1.165, 1.54) is 26.0 Å². The molecule has 26 heavy (non-hydrogen) atoms. The number of amides is 2. The molecule has 7 nitrogen and oxygen atoms in total. The Bertz CT molecular complexity index is 751. The molecule has 0 unspecified atom stereocenters. The lowest BCUT2D eigenvalue weighted by Crippen LogP contribution is -2.32. The van der Waals surface area contributed by atoms with Crippen LogP contribution in [0.4, 0.5) is 17.2 Å². The third-order valence-corrected chi connectivity index (χ3v) is 4.24. The van der Waals surface area contributed by atoms with Crippen LogP contribution in [0.25, 0.3) is 0 Å². The molecule has 0 bridgehead atoms. The first-order chi connectivity index (χ1) is 12.6. The Morgan fingerprint density at radius 3 is 2.15 bits per heavy atom. The summed E-state index contributed by atoms with van der Waals surface area (Å²) in [5.41, 5.74) is 1.92. The van der Waals surface area contributed by atoms with Gasteiger partial charge in [0.25, 0.3) is 5.91 Å².